The van der Waals surface area contributed by atoms with E-state index in [1.807, 2.05) is 30.3 Å². The van der Waals surface area contributed by atoms with Gasteiger partial charge in [-0.15, -0.1) is 0 Å². The second-order valence-corrected chi connectivity index (χ2v) is 3.95. The Labute approximate surface area is 106 Å². The van der Waals surface area contributed by atoms with Crippen LogP contribution in [0.25, 0.3) is 0 Å². The van der Waals surface area contributed by atoms with Crippen molar-refractivity contribution < 1.29 is 14.1 Å². The van der Waals surface area contributed by atoms with Gasteiger partial charge in [0.25, 0.3) is 0 Å². The lowest BCUT2D eigenvalue weighted by Crippen LogP contribution is -2.08. The predicted molar refractivity (Wildman–Crippen MR) is 66.4 cm³/mol. The molecule has 18 heavy (non-hydrogen) atoms. The average molecular weight is 245 g/mol. The van der Waals surface area contributed by atoms with E-state index in [9.17, 15) is 4.79 Å². The topological polar surface area (TPSA) is 52.3 Å². The van der Waals surface area contributed by atoms with Crippen molar-refractivity contribution in [1.29, 1.82) is 0 Å². The smallest absolute Gasteiger partial charge is 0.343 e. The van der Waals surface area contributed by atoms with Gasteiger partial charge in [0.15, 0.2) is 5.76 Å². The summed E-state index contributed by atoms with van der Waals surface area (Å²) in [6.07, 6.45) is 0.538. The summed E-state index contributed by atoms with van der Waals surface area (Å²) in [5.41, 5.74) is 2.08. The number of hydrogen-bond donors (Lipinski definition) is 0. The highest BCUT2D eigenvalue weighted by atomic mass is 16.5. The van der Waals surface area contributed by atoms with Crippen molar-refractivity contribution in [3.05, 3.63) is 52.9 Å². The van der Waals surface area contributed by atoms with Crippen molar-refractivity contribution in [1.82, 2.24) is 5.16 Å². The monoisotopic (exact) mass is 245 g/mol. The van der Waals surface area contributed by atoms with Gasteiger partial charge in [0.1, 0.15) is 5.56 Å². The van der Waals surface area contributed by atoms with Crippen LogP contribution in [0.4, 0.5) is 0 Å². The van der Waals surface area contributed by atoms with Gasteiger partial charge in [-0.3, -0.25) is 0 Å². The highest BCUT2D eigenvalue weighted by molar-refractivity contribution is 5.91. The summed E-state index contributed by atoms with van der Waals surface area (Å²) < 4.78 is 10.2. The van der Waals surface area contributed by atoms with Gasteiger partial charge in [-0.2, -0.15) is 0 Å². The minimum atomic E-state index is -0.373. The number of nitrogens with zero attached hydrogens (tertiary/aromatic N) is 1. The SMILES string of the molecule is CCOC(=O)c1c(C)noc1Cc1ccccc1. The third-order valence-corrected chi connectivity index (χ3v) is 2.62. The van der Waals surface area contributed by atoms with E-state index >= 15 is 0 Å². The number of esters is 1. The third kappa shape index (κ3) is 2.59. The molecule has 0 saturated heterocycles. The van der Waals surface area contributed by atoms with Crippen LogP contribution in [-0.2, 0) is 11.2 Å². The van der Waals surface area contributed by atoms with E-state index in [1.165, 1.54) is 0 Å². The van der Waals surface area contributed by atoms with Gasteiger partial charge >= 0.3 is 5.97 Å². The molecule has 0 N–H and O–H groups in total. The fraction of sp³-hybridized carbons (Fsp3) is 0.286. The summed E-state index contributed by atoms with van der Waals surface area (Å²) in [6, 6.07) is 9.80. The molecule has 0 radical (unpaired) electrons. The number of rotatable bonds is 4. The molecule has 0 bridgehead atoms. The summed E-state index contributed by atoms with van der Waals surface area (Å²) in [5.74, 6) is 0.180. The molecule has 94 valence electrons. The van der Waals surface area contributed by atoms with Crippen LogP contribution >= 0.6 is 0 Å². The number of hydrogen-bond acceptors (Lipinski definition) is 4. The second kappa shape index (κ2) is 5.49. The van der Waals surface area contributed by atoms with Crippen LogP contribution in [0, 0.1) is 6.92 Å². The van der Waals surface area contributed by atoms with Crippen molar-refractivity contribution >= 4 is 5.97 Å². The highest BCUT2D eigenvalue weighted by Gasteiger charge is 2.21. The van der Waals surface area contributed by atoms with E-state index < -0.39 is 0 Å². The van der Waals surface area contributed by atoms with E-state index in [2.05, 4.69) is 5.16 Å². The van der Waals surface area contributed by atoms with Gasteiger partial charge in [-0.25, -0.2) is 4.79 Å². The molecule has 0 aliphatic rings. The van der Waals surface area contributed by atoms with Gasteiger partial charge in [0, 0.05) is 6.42 Å². The first-order valence-corrected chi connectivity index (χ1v) is 5.88. The molecule has 4 nitrogen and oxygen atoms in total. The minimum absolute atomic E-state index is 0.341. The molecule has 0 aliphatic heterocycles. The molecule has 0 fully saturated rings. The molecule has 0 amide bonds. The number of aromatic nitrogens is 1. The molecule has 1 aromatic heterocycles. The Morgan fingerprint density at radius 1 is 1.33 bits per heavy atom. The minimum Gasteiger partial charge on any atom is -0.462 e. The summed E-state index contributed by atoms with van der Waals surface area (Å²) in [6.45, 7) is 3.86. The molecule has 4 heteroatoms. The maximum Gasteiger partial charge on any atom is 0.343 e. The largest absolute Gasteiger partial charge is 0.462 e. The molecular weight excluding hydrogens is 230 g/mol. The molecule has 1 aromatic carbocycles. The van der Waals surface area contributed by atoms with Crippen LogP contribution in [0.5, 0.6) is 0 Å². The summed E-state index contributed by atoms with van der Waals surface area (Å²) in [7, 11) is 0. The van der Waals surface area contributed by atoms with Crippen LogP contribution in [0.3, 0.4) is 0 Å². The standard InChI is InChI=1S/C14H15NO3/c1-3-17-14(16)13-10(2)15-18-12(13)9-11-7-5-4-6-8-11/h4-8H,3,9H2,1-2H3. The molecule has 2 rings (SSSR count). The summed E-state index contributed by atoms with van der Waals surface area (Å²) in [5, 5.41) is 3.84. The molecule has 0 atom stereocenters. The fourth-order valence-corrected chi connectivity index (χ4v) is 1.78. The number of carbonyl (C=O) groups is 1. The fourth-order valence-electron chi connectivity index (χ4n) is 1.78. The van der Waals surface area contributed by atoms with E-state index in [0.29, 0.717) is 30.0 Å². The zero-order chi connectivity index (χ0) is 13.0. The first-order chi connectivity index (χ1) is 8.72. The first-order valence-electron chi connectivity index (χ1n) is 5.88. The number of aryl methyl sites for hydroxylation is 1. The Morgan fingerprint density at radius 2 is 2.06 bits per heavy atom. The molecule has 0 spiro atoms. The van der Waals surface area contributed by atoms with Crippen LogP contribution in [0.15, 0.2) is 34.9 Å². The van der Waals surface area contributed by atoms with Crippen LogP contribution < -0.4 is 0 Å². The number of carbonyl (C=O) groups excluding carboxylic acids is 1. The predicted octanol–water partition coefficient (Wildman–Crippen LogP) is 2.75. The number of benzene rings is 1. The Bertz CT molecular complexity index is 531. The van der Waals surface area contributed by atoms with Gasteiger partial charge < -0.3 is 9.26 Å². The Hall–Kier alpha value is -2.10. The molecular formula is C14H15NO3. The van der Waals surface area contributed by atoms with Crippen LogP contribution in [0.2, 0.25) is 0 Å². The molecule has 0 aliphatic carbocycles. The average Bonchev–Trinajstić information content (AvgIpc) is 2.72. The lowest BCUT2D eigenvalue weighted by atomic mass is 10.1. The Morgan fingerprint density at radius 3 is 2.72 bits per heavy atom. The molecule has 2 aromatic rings. The van der Waals surface area contributed by atoms with Crippen molar-refractivity contribution in [2.45, 2.75) is 20.3 Å². The molecule has 0 saturated carbocycles. The van der Waals surface area contributed by atoms with Crippen molar-refractivity contribution in [2.75, 3.05) is 6.61 Å². The van der Waals surface area contributed by atoms with Crippen LogP contribution in [-0.4, -0.2) is 17.7 Å². The van der Waals surface area contributed by atoms with Crippen molar-refractivity contribution in [2.24, 2.45) is 0 Å². The lowest BCUT2D eigenvalue weighted by Gasteiger charge is -2.02. The first kappa shape index (κ1) is 12.4. The third-order valence-electron chi connectivity index (χ3n) is 2.62. The van der Waals surface area contributed by atoms with E-state index in [1.54, 1.807) is 13.8 Å². The van der Waals surface area contributed by atoms with Crippen molar-refractivity contribution in [3.63, 3.8) is 0 Å². The normalized spacial score (nSPS) is 10.3. The highest BCUT2D eigenvalue weighted by Crippen LogP contribution is 2.18. The maximum absolute atomic E-state index is 11.8. The zero-order valence-electron chi connectivity index (χ0n) is 10.5. The molecule has 1 heterocycles. The Kier molecular flexibility index (Phi) is 3.77. The van der Waals surface area contributed by atoms with E-state index in [-0.39, 0.29) is 5.97 Å². The van der Waals surface area contributed by atoms with Crippen LogP contribution in [0.1, 0.15) is 34.3 Å². The van der Waals surface area contributed by atoms with Gasteiger partial charge in [0.2, 0.25) is 0 Å². The zero-order valence-corrected chi connectivity index (χ0v) is 10.5. The van der Waals surface area contributed by atoms with E-state index in [4.69, 9.17) is 9.26 Å². The lowest BCUT2D eigenvalue weighted by molar-refractivity contribution is 0.0523. The number of ether oxygens (including phenoxy) is 1. The Balaban J connectivity index is 2.26. The second-order valence-electron chi connectivity index (χ2n) is 3.95. The van der Waals surface area contributed by atoms with Gasteiger partial charge in [-0.05, 0) is 19.4 Å². The maximum atomic E-state index is 11.8. The van der Waals surface area contributed by atoms with Gasteiger partial charge in [0.05, 0.1) is 12.3 Å². The summed E-state index contributed by atoms with van der Waals surface area (Å²) in [4.78, 5) is 11.8. The quantitative estimate of drug-likeness (QED) is 0.777. The van der Waals surface area contributed by atoms with Gasteiger partial charge in [-0.1, -0.05) is 35.5 Å². The van der Waals surface area contributed by atoms with E-state index in [0.717, 1.165) is 5.56 Å². The van der Waals surface area contributed by atoms with Crippen molar-refractivity contribution in [3.8, 4) is 0 Å². The summed E-state index contributed by atoms with van der Waals surface area (Å²) >= 11 is 0. The molecule has 0 unspecified atom stereocenters.